The number of carboxylic acids is 1. The van der Waals surface area contributed by atoms with Crippen molar-refractivity contribution in [2.45, 2.75) is 19.5 Å². The second-order valence-electron chi connectivity index (χ2n) is 4.71. The Morgan fingerprint density at radius 1 is 1.57 bits per heavy atom. The lowest BCUT2D eigenvalue weighted by Gasteiger charge is -2.32. The number of piperazine rings is 1. The zero-order valence-electron chi connectivity index (χ0n) is 11.5. The molecule has 1 aliphatic heterocycles. The fourth-order valence-corrected chi connectivity index (χ4v) is 2.04. The summed E-state index contributed by atoms with van der Waals surface area (Å²) in [5.74, 6) is -1.53. The van der Waals surface area contributed by atoms with E-state index in [1.807, 2.05) is 13.0 Å². The number of amides is 3. The molecule has 1 unspecified atom stereocenters. The van der Waals surface area contributed by atoms with Crippen molar-refractivity contribution < 1.29 is 19.5 Å². The SMILES string of the molecule is Cc1cccnc1CNC(=O)N1CC(=O)NCC1C(=O)O. The number of carbonyl (C=O) groups is 3. The molecule has 112 valence electrons. The Hall–Kier alpha value is -2.64. The van der Waals surface area contributed by atoms with E-state index in [0.717, 1.165) is 10.5 Å². The summed E-state index contributed by atoms with van der Waals surface area (Å²) in [7, 11) is 0. The topological polar surface area (TPSA) is 112 Å². The average Bonchev–Trinajstić information content (AvgIpc) is 2.45. The number of nitrogens with one attached hydrogen (secondary N) is 2. The molecule has 1 atom stereocenters. The number of carbonyl (C=O) groups excluding carboxylic acids is 2. The van der Waals surface area contributed by atoms with Gasteiger partial charge in [0, 0.05) is 12.7 Å². The lowest BCUT2D eigenvalue weighted by molar-refractivity contribution is -0.144. The zero-order chi connectivity index (χ0) is 15.4. The molecule has 1 aromatic heterocycles. The number of aryl methyl sites for hydroxylation is 1. The molecule has 2 heterocycles. The van der Waals surface area contributed by atoms with E-state index in [1.54, 1.807) is 12.3 Å². The standard InChI is InChI=1S/C13H16N4O4/c1-8-3-2-4-14-9(8)5-16-13(21)17-7-11(18)15-6-10(17)12(19)20/h2-4,10H,5-7H2,1H3,(H,15,18)(H,16,21)(H,19,20). The van der Waals surface area contributed by atoms with Gasteiger partial charge < -0.3 is 15.7 Å². The van der Waals surface area contributed by atoms with E-state index in [9.17, 15) is 14.4 Å². The Morgan fingerprint density at radius 2 is 2.33 bits per heavy atom. The van der Waals surface area contributed by atoms with Crippen molar-refractivity contribution in [3.8, 4) is 0 Å². The van der Waals surface area contributed by atoms with E-state index in [4.69, 9.17) is 5.11 Å². The Morgan fingerprint density at radius 3 is 3.00 bits per heavy atom. The maximum atomic E-state index is 12.1. The maximum absolute atomic E-state index is 12.1. The highest BCUT2D eigenvalue weighted by Crippen LogP contribution is 2.07. The maximum Gasteiger partial charge on any atom is 0.328 e. The number of hydrogen-bond donors (Lipinski definition) is 3. The van der Waals surface area contributed by atoms with Crippen LogP contribution in [0.3, 0.4) is 0 Å². The highest BCUT2D eigenvalue weighted by molar-refractivity contribution is 5.90. The molecule has 0 saturated carbocycles. The molecule has 3 amide bonds. The molecule has 1 fully saturated rings. The summed E-state index contributed by atoms with van der Waals surface area (Å²) in [6.07, 6.45) is 1.61. The third kappa shape index (κ3) is 3.47. The van der Waals surface area contributed by atoms with Gasteiger partial charge >= 0.3 is 12.0 Å². The van der Waals surface area contributed by atoms with Crippen molar-refractivity contribution in [1.29, 1.82) is 0 Å². The molecule has 1 aliphatic rings. The first-order valence-electron chi connectivity index (χ1n) is 6.43. The van der Waals surface area contributed by atoms with Crippen LogP contribution in [0, 0.1) is 6.92 Å². The smallest absolute Gasteiger partial charge is 0.328 e. The van der Waals surface area contributed by atoms with Crippen molar-refractivity contribution in [1.82, 2.24) is 20.5 Å². The minimum absolute atomic E-state index is 0.0931. The molecule has 3 N–H and O–H groups in total. The molecular weight excluding hydrogens is 276 g/mol. The van der Waals surface area contributed by atoms with Gasteiger partial charge in [0.25, 0.3) is 0 Å². The zero-order valence-corrected chi connectivity index (χ0v) is 11.5. The molecule has 1 aromatic rings. The summed E-state index contributed by atoms with van der Waals surface area (Å²) in [5.41, 5.74) is 1.61. The van der Waals surface area contributed by atoms with Crippen LogP contribution in [-0.4, -0.2) is 52.0 Å². The molecule has 8 heteroatoms. The quantitative estimate of drug-likeness (QED) is 0.694. The van der Waals surface area contributed by atoms with Crippen LogP contribution in [0.4, 0.5) is 4.79 Å². The molecule has 1 saturated heterocycles. The number of aromatic nitrogens is 1. The van der Waals surface area contributed by atoms with Crippen LogP contribution in [0.15, 0.2) is 18.3 Å². The number of hydrogen-bond acceptors (Lipinski definition) is 4. The van der Waals surface area contributed by atoms with Crippen molar-refractivity contribution in [3.05, 3.63) is 29.6 Å². The number of rotatable bonds is 3. The predicted molar refractivity (Wildman–Crippen MR) is 72.3 cm³/mol. The summed E-state index contributed by atoms with van der Waals surface area (Å²) in [4.78, 5) is 39.7. The lowest BCUT2D eigenvalue weighted by atomic mass is 10.2. The second-order valence-corrected chi connectivity index (χ2v) is 4.71. The molecule has 0 aromatic carbocycles. The van der Waals surface area contributed by atoms with Gasteiger partial charge in [0.05, 0.1) is 12.2 Å². The van der Waals surface area contributed by atoms with Crippen LogP contribution in [0.1, 0.15) is 11.3 Å². The summed E-state index contributed by atoms with van der Waals surface area (Å²) in [6, 6.07) is 1.99. The Labute approximate surface area is 121 Å². The van der Waals surface area contributed by atoms with Gasteiger partial charge in [0.2, 0.25) is 5.91 Å². The Balaban J connectivity index is 2.02. The first kappa shape index (κ1) is 14.8. The molecule has 21 heavy (non-hydrogen) atoms. The van der Waals surface area contributed by atoms with Crippen molar-refractivity contribution in [3.63, 3.8) is 0 Å². The molecule has 0 spiro atoms. The predicted octanol–water partition coefficient (Wildman–Crippen LogP) is -0.515. The Bertz CT molecular complexity index is 575. The van der Waals surface area contributed by atoms with Crippen molar-refractivity contribution >= 4 is 17.9 Å². The third-order valence-corrected chi connectivity index (χ3v) is 3.25. The number of aliphatic carboxylic acids is 1. The minimum atomic E-state index is -1.15. The van der Waals surface area contributed by atoms with Crippen LogP contribution in [0.5, 0.6) is 0 Å². The second kappa shape index (κ2) is 6.21. The van der Waals surface area contributed by atoms with Gasteiger partial charge in [-0.2, -0.15) is 0 Å². The molecular formula is C13H16N4O4. The highest BCUT2D eigenvalue weighted by atomic mass is 16.4. The largest absolute Gasteiger partial charge is 0.480 e. The van der Waals surface area contributed by atoms with E-state index in [2.05, 4.69) is 15.6 Å². The molecule has 2 rings (SSSR count). The van der Waals surface area contributed by atoms with Crippen LogP contribution >= 0.6 is 0 Å². The van der Waals surface area contributed by atoms with Gasteiger partial charge in [-0.3, -0.25) is 14.7 Å². The number of nitrogens with zero attached hydrogens (tertiary/aromatic N) is 2. The van der Waals surface area contributed by atoms with Gasteiger partial charge in [-0.05, 0) is 18.6 Å². The van der Waals surface area contributed by atoms with Crippen LogP contribution in [0.25, 0.3) is 0 Å². The average molecular weight is 292 g/mol. The van der Waals surface area contributed by atoms with Gasteiger partial charge in [-0.15, -0.1) is 0 Å². The van der Waals surface area contributed by atoms with E-state index in [0.29, 0.717) is 5.69 Å². The van der Waals surface area contributed by atoms with E-state index < -0.39 is 18.0 Å². The van der Waals surface area contributed by atoms with E-state index >= 15 is 0 Å². The van der Waals surface area contributed by atoms with Gasteiger partial charge in [0.15, 0.2) is 0 Å². The van der Waals surface area contributed by atoms with Crippen LogP contribution < -0.4 is 10.6 Å². The summed E-state index contributed by atoms with van der Waals surface area (Å²) < 4.78 is 0. The minimum Gasteiger partial charge on any atom is -0.480 e. The highest BCUT2D eigenvalue weighted by Gasteiger charge is 2.35. The van der Waals surface area contributed by atoms with Crippen molar-refractivity contribution in [2.24, 2.45) is 0 Å². The fraction of sp³-hybridized carbons (Fsp3) is 0.385. The summed E-state index contributed by atoms with van der Waals surface area (Å²) in [6.45, 7) is 1.67. The normalized spacial score (nSPS) is 18.0. The van der Waals surface area contributed by atoms with Gasteiger partial charge in [-0.25, -0.2) is 9.59 Å². The molecule has 0 aliphatic carbocycles. The lowest BCUT2D eigenvalue weighted by Crippen LogP contribution is -2.61. The third-order valence-electron chi connectivity index (χ3n) is 3.25. The summed E-state index contributed by atoms with van der Waals surface area (Å²) >= 11 is 0. The first-order valence-corrected chi connectivity index (χ1v) is 6.43. The number of pyridine rings is 1. The Kier molecular flexibility index (Phi) is 4.36. The van der Waals surface area contributed by atoms with Gasteiger partial charge in [-0.1, -0.05) is 6.07 Å². The van der Waals surface area contributed by atoms with E-state index in [1.165, 1.54) is 0 Å². The molecule has 0 radical (unpaired) electrons. The van der Waals surface area contributed by atoms with Crippen LogP contribution in [0.2, 0.25) is 0 Å². The van der Waals surface area contributed by atoms with Crippen molar-refractivity contribution in [2.75, 3.05) is 13.1 Å². The number of carboxylic acid groups (broad SMARTS) is 1. The first-order chi connectivity index (χ1) is 9.99. The molecule has 8 nitrogen and oxygen atoms in total. The van der Waals surface area contributed by atoms with E-state index in [-0.39, 0.29) is 25.5 Å². The van der Waals surface area contributed by atoms with Gasteiger partial charge in [0.1, 0.15) is 12.6 Å². The monoisotopic (exact) mass is 292 g/mol. The fourth-order valence-electron chi connectivity index (χ4n) is 2.04. The van der Waals surface area contributed by atoms with Crippen LogP contribution in [-0.2, 0) is 16.1 Å². The molecule has 0 bridgehead atoms. The summed E-state index contributed by atoms with van der Waals surface area (Å²) in [5, 5.41) is 14.1. The number of urea groups is 1.